The lowest BCUT2D eigenvalue weighted by Gasteiger charge is -2.11. The highest BCUT2D eigenvalue weighted by atomic mass is 16.5. The molecule has 5 heteroatoms. The predicted molar refractivity (Wildman–Crippen MR) is 52.3 cm³/mol. The fraction of sp³-hybridized carbons (Fsp3) is 0.600. The molecule has 2 rings (SSSR count). The van der Waals surface area contributed by atoms with Crippen molar-refractivity contribution in [1.82, 2.24) is 9.97 Å². The molecule has 1 aliphatic rings. The molecule has 0 radical (unpaired) electrons. The predicted octanol–water partition coefficient (Wildman–Crippen LogP) is -0.0128. The van der Waals surface area contributed by atoms with E-state index in [4.69, 9.17) is 9.84 Å². The number of aromatic nitrogens is 2. The lowest BCUT2D eigenvalue weighted by atomic mass is 10.1. The van der Waals surface area contributed by atoms with Crippen molar-refractivity contribution in [3.05, 3.63) is 18.6 Å². The van der Waals surface area contributed by atoms with Crippen molar-refractivity contribution in [3.8, 4) is 5.88 Å². The van der Waals surface area contributed by atoms with Crippen LogP contribution in [-0.4, -0.2) is 39.0 Å². The molecule has 82 valence electrons. The molecule has 1 saturated carbocycles. The van der Waals surface area contributed by atoms with Gasteiger partial charge in [0.05, 0.1) is 6.10 Å². The number of hydrogen-bond donors (Lipinski definition) is 2. The van der Waals surface area contributed by atoms with Crippen molar-refractivity contribution < 1.29 is 14.9 Å². The third-order valence-corrected chi connectivity index (χ3v) is 2.69. The molecule has 3 atom stereocenters. The van der Waals surface area contributed by atoms with Gasteiger partial charge < -0.3 is 14.9 Å². The van der Waals surface area contributed by atoms with E-state index >= 15 is 0 Å². The Kier molecular flexibility index (Phi) is 3.13. The molecule has 0 spiro atoms. The standard InChI is InChI=1S/C10H14N2O3/c13-5-7-3-8(4-9(7)14)15-10-1-2-11-6-12-10/h1-2,6-9,13-14H,3-5H2/t7-,8-,9+/m1/s1. The second kappa shape index (κ2) is 4.55. The first-order valence-electron chi connectivity index (χ1n) is 5.01. The van der Waals surface area contributed by atoms with Gasteiger partial charge in [0.25, 0.3) is 0 Å². The topological polar surface area (TPSA) is 75.5 Å². The van der Waals surface area contributed by atoms with Gasteiger partial charge in [0.1, 0.15) is 12.4 Å². The number of hydrogen-bond acceptors (Lipinski definition) is 5. The highest BCUT2D eigenvalue weighted by Crippen LogP contribution is 2.28. The number of aliphatic hydroxyl groups is 2. The first kappa shape index (κ1) is 10.3. The maximum absolute atomic E-state index is 9.56. The van der Waals surface area contributed by atoms with E-state index in [1.54, 1.807) is 12.3 Å². The number of rotatable bonds is 3. The summed E-state index contributed by atoms with van der Waals surface area (Å²) in [6.45, 7) is 0.00476. The van der Waals surface area contributed by atoms with Crippen LogP contribution in [0.1, 0.15) is 12.8 Å². The molecular weight excluding hydrogens is 196 g/mol. The van der Waals surface area contributed by atoms with Crippen molar-refractivity contribution in [1.29, 1.82) is 0 Å². The van der Waals surface area contributed by atoms with Gasteiger partial charge in [-0.15, -0.1) is 0 Å². The summed E-state index contributed by atoms with van der Waals surface area (Å²) < 4.78 is 5.56. The van der Waals surface area contributed by atoms with Gasteiger partial charge in [-0.05, 0) is 6.42 Å². The van der Waals surface area contributed by atoms with Crippen molar-refractivity contribution >= 4 is 0 Å². The van der Waals surface area contributed by atoms with Crippen LogP contribution in [0.2, 0.25) is 0 Å². The van der Waals surface area contributed by atoms with Crippen LogP contribution in [0.4, 0.5) is 0 Å². The Hall–Kier alpha value is -1.20. The minimum atomic E-state index is -0.471. The van der Waals surface area contributed by atoms with Gasteiger partial charge in [-0.1, -0.05) is 0 Å². The molecule has 0 bridgehead atoms. The number of nitrogens with zero attached hydrogens (tertiary/aromatic N) is 2. The second-order valence-electron chi connectivity index (χ2n) is 3.77. The minimum absolute atomic E-state index is 0.00476. The number of aliphatic hydroxyl groups excluding tert-OH is 2. The van der Waals surface area contributed by atoms with Crippen LogP contribution in [0.5, 0.6) is 5.88 Å². The van der Waals surface area contributed by atoms with Crippen molar-refractivity contribution in [2.45, 2.75) is 25.0 Å². The molecule has 0 aromatic carbocycles. The Morgan fingerprint density at radius 1 is 1.47 bits per heavy atom. The molecule has 1 heterocycles. The summed E-state index contributed by atoms with van der Waals surface area (Å²) in [5.74, 6) is 0.442. The maximum Gasteiger partial charge on any atom is 0.216 e. The molecule has 0 aliphatic heterocycles. The molecular formula is C10H14N2O3. The summed E-state index contributed by atoms with van der Waals surface area (Å²) >= 11 is 0. The van der Waals surface area contributed by atoms with Gasteiger partial charge in [0.2, 0.25) is 5.88 Å². The molecule has 0 unspecified atom stereocenters. The summed E-state index contributed by atoms with van der Waals surface area (Å²) in [4.78, 5) is 7.73. The summed E-state index contributed by atoms with van der Waals surface area (Å²) in [5.41, 5.74) is 0. The molecule has 15 heavy (non-hydrogen) atoms. The smallest absolute Gasteiger partial charge is 0.216 e. The summed E-state index contributed by atoms with van der Waals surface area (Å²) in [7, 11) is 0. The lowest BCUT2D eigenvalue weighted by molar-refractivity contribution is 0.0897. The second-order valence-corrected chi connectivity index (χ2v) is 3.77. The Balaban J connectivity index is 1.92. The van der Waals surface area contributed by atoms with Crippen LogP contribution in [0.3, 0.4) is 0 Å². The molecule has 1 aromatic heterocycles. The van der Waals surface area contributed by atoms with Crippen LogP contribution in [0, 0.1) is 5.92 Å². The van der Waals surface area contributed by atoms with Crippen LogP contribution in [0.15, 0.2) is 18.6 Å². The Labute approximate surface area is 87.8 Å². The SMILES string of the molecule is OC[C@H]1C[C@@H](Oc2ccncn2)C[C@@H]1O. The largest absolute Gasteiger partial charge is 0.474 e. The Morgan fingerprint density at radius 3 is 2.93 bits per heavy atom. The highest BCUT2D eigenvalue weighted by Gasteiger charge is 2.33. The van der Waals surface area contributed by atoms with Gasteiger partial charge in [0, 0.05) is 31.2 Å². The quantitative estimate of drug-likeness (QED) is 0.733. The first-order valence-corrected chi connectivity index (χ1v) is 5.01. The van der Waals surface area contributed by atoms with E-state index in [-0.39, 0.29) is 18.6 Å². The first-order chi connectivity index (χ1) is 7.29. The zero-order chi connectivity index (χ0) is 10.7. The molecule has 1 aliphatic carbocycles. The summed E-state index contributed by atoms with van der Waals surface area (Å²) in [6, 6.07) is 1.68. The van der Waals surface area contributed by atoms with E-state index in [2.05, 4.69) is 9.97 Å². The summed E-state index contributed by atoms with van der Waals surface area (Å²) in [6.07, 6.45) is 3.71. The van der Waals surface area contributed by atoms with E-state index < -0.39 is 6.10 Å². The van der Waals surface area contributed by atoms with E-state index in [1.807, 2.05) is 0 Å². The average Bonchev–Trinajstić information content (AvgIpc) is 2.60. The van der Waals surface area contributed by atoms with Gasteiger partial charge in [-0.3, -0.25) is 0 Å². The maximum atomic E-state index is 9.56. The molecule has 0 saturated heterocycles. The molecule has 1 aromatic rings. The minimum Gasteiger partial charge on any atom is -0.474 e. The Morgan fingerprint density at radius 2 is 2.33 bits per heavy atom. The molecule has 2 N–H and O–H groups in total. The van der Waals surface area contributed by atoms with E-state index in [0.29, 0.717) is 18.7 Å². The van der Waals surface area contributed by atoms with Crippen molar-refractivity contribution in [2.75, 3.05) is 6.61 Å². The lowest BCUT2D eigenvalue weighted by Crippen LogP contribution is -2.16. The summed E-state index contributed by atoms with van der Waals surface area (Å²) in [5, 5.41) is 18.5. The van der Waals surface area contributed by atoms with Crippen molar-refractivity contribution in [3.63, 3.8) is 0 Å². The van der Waals surface area contributed by atoms with Crippen molar-refractivity contribution in [2.24, 2.45) is 5.92 Å². The van der Waals surface area contributed by atoms with Gasteiger partial charge in [0.15, 0.2) is 0 Å². The van der Waals surface area contributed by atoms with Crippen LogP contribution < -0.4 is 4.74 Å². The van der Waals surface area contributed by atoms with Crippen LogP contribution in [0.25, 0.3) is 0 Å². The third kappa shape index (κ3) is 2.43. The van der Waals surface area contributed by atoms with Crippen LogP contribution in [-0.2, 0) is 0 Å². The van der Waals surface area contributed by atoms with E-state index in [9.17, 15) is 5.11 Å². The van der Waals surface area contributed by atoms with E-state index in [1.165, 1.54) is 6.33 Å². The molecule has 5 nitrogen and oxygen atoms in total. The molecule has 1 fully saturated rings. The molecule has 0 amide bonds. The zero-order valence-electron chi connectivity index (χ0n) is 8.28. The fourth-order valence-electron chi connectivity index (χ4n) is 1.86. The van der Waals surface area contributed by atoms with E-state index in [0.717, 1.165) is 0 Å². The monoisotopic (exact) mass is 210 g/mol. The number of ether oxygens (including phenoxy) is 1. The third-order valence-electron chi connectivity index (χ3n) is 2.69. The zero-order valence-corrected chi connectivity index (χ0v) is 8.28. The fourth-order valence-corrected chi connectivity index (χ4v) is 1.86. The van der Waals surface area contributed by atoms with Crippen LogP contribution >= 0.6 is 0 Å². The highest BCUT2D eigenvalue weighted by molar-refractivity contribution is 5.05. The Bertz CT molecular complexity index is 307. The average molecular weight is 210 g/mol. The van der Waals surface area contributed by atoms with Gasteiger partial charge >= 0.3 is 0 Å². The normalized spacial score (nSPS) is 30.4. The van der Waals surface area contributed by atoms with Gasteiger partial charge in [-0.25, -0.2) is 9.97 Å². The van der Waals surface area contributed by atoms with Gasteiger partial charge in [-0.2, -0.15) is 0 Å².